The van der Waals surface area contributed by atoms with E-state index in [0.29, 0.717) is 28.8 Å². The Labute approximate surface area is 158 Å². The second-order valence-corrected chi connectivity index (χ2v) is 6.00. The lowest BCUT2D eigenvalue weighted by Crippen LogP contribution is -2.02. The van der Waals surface area contributed by atoms with Gasteiger partial charge in [-0.05, 0) is 36.8 Å². The first kappa shape index (κ1) is 19.0. The van der Waals surface area contributed by atoms with Crippen molar-refractivity contribution in [3.8, 4) is 33.8 Å². The molecule has 4 nitrogen and oxygen atoms in total. The van der Waals surface area contributed by atoms with Gasteiger partial charge in [-0.25, -0.2) is 13.2 Å². The predicted molar refractivity (Wildman–Crippen MR) is 95.6 cm³/mol. The first-order valence-electron chi connectivity index (χ1n) is 7.77. The lowest BCUT2D eigenvalue weighted by Gasteiger charge is -2.16. The van der Waals surface area contributed by atoms with Gasteiger partial charge in [0, 0.05) is 17.2 Å². The molecule has 0 unspecified atom stereocenters. The number of methoxy groups -OCH3 is 2. The Bertz CT molecular complexity index is 1010. The maximum absolute atomic E-state index is 14.5. The molecule has 27 heavy (non-hydrogen) atoms. The van der Waals surface area contributed by atoms with E-state index in [4.69, 9.17) is 21.1 Å². The van der Waals surface area contributed by atoms with Crippen LogP contribution in [0.1, 0.15) is 5.69 Å². The van der Waals surface area contributed by atoms with Gasteiger partial charge in [-0.3, -0.25) is 0 Å². The summed E-state index contributed by atoms with van der Waals surface area (Å²) in [5.41, 5.74) is 0.380. The summed E-state index contributed by atoms with van der Waals surface area (Å²) < 4.78 is 53.2. The van der Waals surface area contributed by atoms with Gasteiger partial charge in [0.05, 0.1) is 25.5 Å². The summed E-state index contributed by atoms with van der Waals surface area (Å²) >= 11 is 6.14. The molecule has 0 aliphatic carbocycles. The summed E-state index contributed by atoms with van der Waals surface area (Å²) in [6, 6.07) is 6.43. The van der Waals surface area contributed by atoms with Crippen molar-refractivity contribution in [1.82, 2.24) is 10.2 Å². The molecule has 0 aliphatic heterocycles. The zero-order valence-electron chi connectivity index (χ0n) is 14.6. The highest BCUT2D eigenvalue weighted by atomic mass is 35.5. The molecule has 0 bridgehead atoms. The zero-order chi connectivity index (χ0) is 19.7. The largest absolute Gasteiger partial charge is 0.497 e. The normalized spacial score (nSPS) is 10.8. The van der Waals surface area contributed by atoms with Crippen molar-refractivity contribution in [1.29, 1.82) is 0 Å². The highest BCUT2D eigenvalue weighted by molar-refractivity contribution is 6.32. The lowest BCUT2D eigenvalue weighted by molar-refractivity contribution is 0.394. The van der Waals surface area contributed by atoms with Crippen LogP contribution in [-0.2, 0) is 0 Å². The Hall–Kier alpha value is -2.80. The Morgan fingerprint density at radius 1 is 0.815 bits per heavy atom. The smallest absolute Gasteiger partial charge is 0.169 e. The molecular weight excluding hydrogens is 381 g/mol. The van der Waals surface area contributed by atoms with Gasteiger partial charge in [0.15, 0.2) is 16.8 Å². The van der Waals surface area contributed by atoms with E-state index in [0.717, 1.165) is 6.07 Å². The summed E-state index contributed by atoms with van der Waals surface area (Å²) in [6.45, 7) is 1.60. The molecule has 0 atom stereocenters. The first-order chi connectivity index (χ1) is 12.9. The monoisotopic (exact) mass is 394 g/mol. The number of hydrogen-bond acceptors (Lipinski definition) is 4. The molecule has 0 saturated carbocycles. The average Bonchev–Trinajstić information content (AvgIpc) is 2.67. The molecule has 3 aromatic rings. The molecule has 0 saturated heterocycles. The van der Waals surface area contributed by atoms with Crippen LogP contribution in [0, 0.1) is 24.4 Å². The van der Waals surface area contributed by atoms with E-state index in [9.17, 15) is 13.2 Å². The van der Waals surface area contributed by atoms with Gasteiger partial charge in [0.25, 0.3) is 0 Å². The predicted octanol–water partition coefficient (Wildman–Crippen LogP) is 5.21. The number of nitrogens with zero attached hydrogens (tertiary/aromatic N) is 2. The van der Waals surface area contributed by atoms with Gasteiger partial charge in [-0.2, -0.15) is 5.10 Å². The van der Waals surface area contributed by atoms with Crippen LogP contribution >= 0.6 is 11.6 Å². The zero-order valence-corrected chi connectivity index (χ0v) is 15.4. The standard InChI is InChI=1S/C19H14ClF3N2O2/c1-9-15(10-6-11(26-2)8-12(7-10)27-3)17(19(20)25-24-9)16-13(21)4-5-14(22)18(16)23/h4-8H,1-3H3. The van der Waals surface area contributed by atoms with E-state index >= 15 is 0 Å². The van der Waals surface area contributed by atoms with Crippen molar-refractivity contribution < 1.29 is 22.6 Å². The van der Waals surface area contributed by atoms with Gasteiger partial charge >= 0.3 is 0 Å². The van der Waals surface area contributed by atoms with Gasteiger partial charge in [0.2, 0.25) is 0 Å². The minimum atomic E-state index is -1.36. The topological polar surface area (TPSA) is 44.2 Å². The molecule has 0 spiro atoms. The molecule has 1 heterocycles. The minimum absolute atomic E-state index is 0.103. The Morgan fingerprint density at radius 2 is 1.41 bits per heavy atom. The Morgan fingerprint density at radius 3 is 2.00 bits per heavy atom. The summed E-state index contributed by atoms with van der Waals surface area (Å²) in [5, 5.41) is 7.40. The molecule has 3 rings (SSSR count). The number of ether oxygens (including phenoxy) is 2. The van der Waals surface area contributed by atoms with Crippen LogP contribution in [0.25, 0.3) is 22.3 Å². The number of hydrogen-bond donors (Lipinski definition) is 0. The lowest BCUT2D eigenvalue weighted by atomic mass is 9.94. The molecule has 0 N–H and O–H groups in total. The highest BCUT2D eigenvalue weighted by Gasteiger charge is 2.25. The van der Waals surface area contributed by atoms with E-state index in [1.807, 2.05) is 0 Å². The second kappa shape index (κ2) is 7.44. The van der Waals surface area contributed by atoms with Crippen molar-refractivity contribution >= 4 is 11.6 Å². The van der Waals surface area contributed by atoms with E-state index in [-0.39, 0.29) is 16.3 Å². The van der Waals surface area contributed by atoms with Crippen LogP contribution in [0.5, 0.6) is 11.5 Å². The molecule has 0 radical (unpaired) electrons. The van der Waals surface area contributed by atoms with Crippen LogP contribution in [-0.4, -0.2) is 24.4 Å². The first-order valence-corrected chi connectivity index (χ1v) is 8.15. The fourth-order valence-corrected chi connectivity index (χ4v) is 3.02. The molecule has 2 aromatic carbocycles. The third-order valence-corrected chi connectivity index (χ3v) is 4.30. The van der Waals surface area contributed by atoms with Crippen molar-refractivity contribution in [3.05, 3.63) is 58.6 Å². The van der Waals surface area contributed by atoms with Crippen molar-refractivity contribution in [3.63, 3.8) is 0 Å². The molecule has 0 amide bonds. The second-order valence-electron chi connectivity index (χ2n) is 5.65. The number of aromatic nitrogens is 2. The Kier molecular flexibility index (Phi) is 5.23. The van der Waals surface area contributed by atoms with Crippen LogP contribution < -0.4 is 9.47 Å². The summed E-state index contributed by atoms with van der Waals surface area (Å²) in [7, 11) is 2.94. The van der Waals surface area contributed by atoms with Crippen LogP contribution in [0.2, 0.25) is 5.15 Å². The van der Waals surface area contributed by atoms with E-state index in [1.54, 1.807) is 25.1 Å². The highest BCUT2D eigenvalue weighted by Crippen LogP contribution is 2.42. The maximum Gasteiger partial charge on any atom is 0.169 e. The SMILES string of the molecule is COc1cc(OC)cc(-c2c(C)nnc(Cl)c2-c2c(F)ccc(F)c2F)c1. The molecule has 1 aromatic heterocycles. The van der Waals surface area contributed by atoms with Gasteiger partial charge in [0.1, 0.15) is 17.3 Å². The summed E-state index contributed by atoms with van der Waals surface area (Å²) in [5.74, 6) is -2.64. The van der Waals surface area contributed by atoms with Crippen LogP contribution in [0.15, 0.2) is 30.3 Å². The minimum Gasteiger partial charge on any atom is -0.497 e. The fraction of sp³-hybridized carbons (Fsp3) is 0.158. The fourth-order valence-electron chi connectivity index (χ4n) is 2.79. The van der Waals surface area contributed by atoms with E-state index in [2.05, 4.69) is 10.2 Å². The molecule has 140 valence electrons. The summed E-state index contributed by atoms with van der Waals surface area (Å²) in [6.07, 6.45) is 0. The van der Waals surface area contributed by atoms with Gasteiger partial charge in [-0.1, -0.05) is 11.6 Å². The molecule has 0 aliphatic rings. The third kappa shape index (κ3) is 3.42. The van der Waals surface area contributed by atoms with E-state index < -0.39 is 23.0 Å². The number of benzene rings is 2. The quantitative estimate of drug-likeness (QED) is 0.570. The van der Waals surface area contributed by atoms with Gasteiger partial charge in [-0.15, -0.1) is 5.10 Å². The average molecular weight is 395 g/mol. The van der Waals surface area contributed by atoms with Gasteiger partial charge < -0.3 is 9.47 Å². The number of rotatable bonds is 4. The van der Waals surface area contributed by atoms with Crippen molar-refractivity contribution in [2.24, 2.45) is 0 Å². The summed E-state index contributed by atoms with van der Waals surface area (Å²) in [4.78, 5) is 0. The van der Waals surface area contributed by atoms with Crippen LogP contribution in [0.4, 0.5) is 13.2 Å². The molecule has 0 fully saturated rings. The van der Waals surface area contributed by atoms with E-state index in [1.165, 1.54) is 14.2 Å². The Balaban J connectivity index is 2.41. The molecule has 8 heteroatoms. The molecular formula is C19H14ClF3N2O2. The third-order valence-electron chi connectivity index (χ3n) is 4.04. The number of aryl methyl sites for hydroxylation is 1. The van der Waals surface area contributed by atoms with Crippen molar-refractivity contribution in [2.75, 3.05) is 14.2 Å². The van der Waals surface area contributed by atoms with Crippen LogP contribution in [0.3, 0.4) is 0 Å². The maximum atomic E-state index is 14.5. The number of halogens is 4. The van der Waals surface area contributed by atoms with Crippen molar-refractivity contribution in [2.45, 2.75) is 6.92 Å².